The predicted molar refractivity (Wildman–Crippen MR) is 1090 cm³/mol. The van der Waals surface area contributed by atoms with Crippen LogP contribution in [0.25, 0.3) is 0 Å². The molecule has 4 aliphatic heterocycles. The SMILES string of the molecule is C.CC(C)(C)c1cc(N(c2ccccc2)c2ccccc2)cc(N2c3ccccc3C3(C)CCCCC23C)c1.CC(C)(C)c1cc2c3c(c1)N1c4c(cccc4C4(C)CCCCC14C)B3c1ccccc1N2c1ccccc1.I[I-]I(I)I(I)I(I)I(I)I(I)I(I)I(I)I(I)I(I)I(I)I(I)I(I)I(I)I(I)I(I)I(I)I(I)I(I)I(I)I(I)I(I)I(I)I(I)I(I)I(I)I(I)I. The molecule has 0 amide bonds. The zero-order valence-corrected chi connectivity index (χ0v) is 187. The molecule has 14 rings (SSSR count). The van der Waals surface area contributed by atoms with Gasteiger partial charge in [0, 0.05) is 67.7 Å². The summed E-state index contributed by atoms with van der Waals surface area (Å²) in [6, 6.07) is 70.4. The van der Waals surface area contributed by atoms with Crippen LogP contribution in [0, 0.1) is 0 Å². The first kappa shape index (κ1) is 146. The summed E-state index contributed by atoms with van der Waals surface area (Å²) in [5.74, 6) is 0. The first-order valence-electron chi connectivity index (χ1n) is 36.7. The summed E-state index contributed by atoms with van der Waals surface area (Å²) in [4.78, 5) is 10.5. The average Bonchev–Trinajstić information content (AvgIpc) is 1.50. The summed E-state index contributed by atoms with van der Waals surface area (Å²) >= 11 is 92.8. The van der Waals surface area contributed by atoms with Crippen molar-refractivity contribution >= 4 is 806 Å². The molecule has 0 aromatic heterocycles. The third-order valence-electron chi connectivity index (χ3n) is 22.2. The number of hydrogen-bond acceptors (Lipinski definition) is 4. The van der Waals surface area contributed by atoms with Gasteiger partial charge in [-0.3, -0.25) is 0 Å². The van der Waals surface area contributed by atoms with Crippen molar-refractivity contribution in [2.45, 2.75) is 161 Å². The number of anilines is 10. The minimum atomic E-state index is -0.589. The van der Waals surface area contributed by atoms with Crippen molar-refractivity contribution in [3.05, 3.63) is 210 Å². The van der Waals surface area contributed by atoms with Gasteiger partial charge in [-0.2, -0.15) is 0 Å². The Bertz CT molecular complexity index is 5160. The van der Waals surface area contributed by atoms with Gasteiger partial charge in [0.25, 0.3) is 6.71 Å². The fourth-order valence-electron chi connectivity index (χ4n) is 16.3. The van der Waals surface area contributed by atoms with Crippen LogP contribution in [0.5, 0.6) is 0 Å². The minimum absolute atomic E-state index is 0. The molecule has 4 atom stereocenters. The van der Waals surface area contributed by atoms with Crippen LogP contribution in [0.4, 0.5) is 56.9 Å². The molecule has 0 radical (unpaired) electrons. The van der Waals surface area contributed by atoms with Gasteiger partial charge in [0.05, 0.1) is 11.1 Å². The first-order chi connectivity index (χ1) is 62.0. The molecule has 4 unspecified atom stereocenters. The van der Waals surface area contributed by atoms with Gasteiger partial charge in [-0.15, -0.1) is 0 Å². The third kappa shape index (κ3) is 36.5. The molecule has 2 fully saturated rings. The molecule has 2 saturated carbocycles. The summed E-state index contributed by atoms with van der Waals surface area (Å²) < 4.78 is 0. The Morgan fingerprint density at radius 2 is 0.639 bits per heavy atom. The molecule has 133 heavy (non-hydrogen) atoms. The summed E-state index contributed by atoms with van der Waals surface area (Å²) in [6.07, 6.45) is 10.1. The predicted octanol–water partition coefficient (Wildman–Crippen LogP) is 63.0. The van der Waals surface area contributed by atoms with Gasteiger partial charge >= 0.3 is 740 Å². The normalized spacial score (nSPS) is 21.3. The molecule has 782 valence electrons. The van der Waals surface area contributed by atoms with Crippen LogP contribution in [-0.4, -0.2) is 17.8 Å². The Morgan fingerprint density at radius 1 is 0.308 bits per heavy atom. The van der Waals surface area contributed by atoms with Crippen LogP contribution < -0.4 is 49.2 Å². The molecule has 60 heteroatoms. The Hall–Kier alpha value is 33.2. The number of benzene rings is 8. The first-order valence-corrected chi connectivity index (χ1v) is 376. The fourth-order valence-corrected chi connectivity index (χ4v) is 10300. The topological polar surface area (TPSA) is 13.0 Å². The van der Waals surface area contributed by atoms with Crippen LogP contribution >= 0.6 is 726 Å². The standard InChI is InChI=1S/C36H37BN2.C36H40N2.CH4.I55/c1-34(2,3)24-22-30-32-31(23-24)39-33-26(35(4)20-11-12-21-36(35,39)5)16-13-18-28(33)37(32)27-17-9-10-19-29(27)38(30)25-14-7-6-8-15-25;1-34(2,3)27-24-30(37(28-16-8-6-9-17-28)29-18-10-7-11-19-29)26-31(25-27)38-33-21-13-12-20-32(33)35(4)22-14-15-23-36(35,38)5;;1-29-31(4)33(6)35(8)37(10)39(12)41(14)43(16)45(18)47(20)49(22)51(24)53(26)55(28)54(27)52(25)50(23)48(21)46(19)44(17)42(15)40(13)38(11)36(9)34(7)32(5)30(2)3/h6-10,13-19,22-23H,11-12,20-21H2,1-5H3;6-13,16-21,24-26H,14-15,22-23H2,1-5H3;1H4;/q;;;-1. The van der Waals surface area contributed by atoms with Gasteiger partial charge in [0.15, 0.2) is 0 Å². The van der Waals surface area contributed by atoms with Crippen molar-refractivity contribution in [2.75, 3.05) is 19.6 Å². The monoisotopic (exact) mass is 8000 g/mol. The van der Waals surface area contributed by atoms with Gasteiger partial charge in [0.1, 0.15) is 0 Å². The second-order valence-electron chi connectivity index (χ2n) is 30.7. The van der Waals surface area contributed by atoms with Crippen LogP contribution in [0.2, 0.25) is 0 Å². The van der Waals surface area contributed by atoms with Crippen LogP contribution in [0.3, 0.4) is 0 Å². The van der Waals surface area contributed by atoms with Crippen LogP contribution in [-0.2, 0) is 21.7 Å². The molecule has 0 N–H and O–H groups in total. The van der Waals surface area contributed by atoms with E-state index in [9.17, 15) is 0 Å². The molecule has 8 aromatic rings. The fraction of sp³-hybridized carbons (Fsp3) is 0.342. The van der Waals surface area contributed by atoms with Crippen molar-refractivity contribution in [3.8, 4) is 0 Å². The number of para-hydroxylation sites is 6. The third-order valence-corrected chi connectivity index (χ3v) is 4240. The summed E-state index contributed by atoms with van der Waals surface area (Å²) in [5.41, 5.74) is 23.7. The quantitative estimate of drug-likeness (QED) is 0.0317. The van der Waals surface area contributed by atoms with Crippen LogP contribution in [0.1, 0.15) is 150 Å². The van der Waals surface area contributed by atoms with Crippen molar-refractivity contribution in [1.29, 1.82) is 0 Å². The van der Waals surface area contributed by atoms with Gasteiger partial charge < -0.3 is 19.6 Å². The molecule has 0 spiro atoms. The Labute approximate surface area is 1160 Å². The van der Waals surface area contributed by atoms with E-state index >= 15 is 0 Å². The number of halogens is 55. The molecular formula is C73H81BI55N4-. The van der Waals surface area contributed by atoms with Gasteiger partial charge in [-0.1, -0.05) is 198 Å². The molecular weight excluding hydrogens is 7920 g/mol. The number of nitrogens with zero attached hydrogens (tertiary/aromatic N) is 4. The molecule has 6 aliphatic rings. The molecule has 4 heterocycles. The van der Waals surface area contributed by atoms with E-state index in [1.807, 2.05) is 0 Å². The van der Waals surface area contributed by atoms with E-state index in [4.69, 9.17) is 0 Å². The van der Waals surface area contributed by atoms with E-state index in [-0.39, 0.29) is 46.9 Å². The number of hydrogen-bond donors (Lipinski definition) is 0. The number of fused-ring (bicyclic) bond motifs is 10. The summed E-state index contributed by atoms with van der Waals surface area (Å²) in [7, 11) is -14.0. The second-order valence-corrected chi connectivity index (χ2v) is 1310. The number of rotatable bonds is 31. The maximum absolute atomic E-state index is 3.41. The molecule has 0 saturated heterocycles. The Balaban J connectivity index is 0.000000195. The van der Waals surface area contributed by atoms with E-state index < -0.39 is 205 Å². The van der Waals surface area contributed by atoms with Crippen molar-refractivity contribution in [1.82, 2.24) is 0 Å². The van der Waals surface area contributed by atoms with E-state index in [2.05, 4.69) is 798 Å². The second kappa shape index (κ2) is 69.5. The van der Waals surface area contributed by atoms with E-state index in [1.165, 1.54) is 141 Å². The zero-order chi connectivity index (χ0) is 97.0. The van der Waals surface area contributed by atoms with Crippen molar-refractivity contribution < 1.29 is 13.3 Å². The van der Waals surface area contributed by atoms with Crippen LogP contribution in [0.15, 0.2) is 188 Å². The van der Waals surface area contributed by atoms with Gasteiger partial charge in [0.2, 0.25) is 0 Å². The average molecular weight is 8010 g/mol. The molecule has 0 bridgehead atoms. The molecule has 8 aromatic carbocycles. The van der Waals surface area contributed by atoms with Gasteiger partial charge in [-0.25, -0.2) is 0 Å². The molecule has 4 nitrogen and oxygen atoms in total. The van der Waals surface area contributed by atoms with E-state index in [0.29, 0.717) is 13.3 Å². The van der Waals surface area contributed by atoms with Crippen molar-refractivity contribution in [2.24, 2.45) is 0 Å². The van der Waals surface area contributed by atoms with Crippen molar-refractivity contribution in [3.63, 3.8) is 0 Å². The van der Waals surface area contributed by atoms with E-state index in [1.54, 1.807) is 5.56 Å². The van der Waals surface area contributed by atoms with E-state index in [0.717, 1.165) is 0 Å². The Morgan fingerprint density at radius 3 is 1.05 bits per heavy atom. The molecule has 2 aliphatic carbocycles. The summed E-state index contributed by atoms with van der Waals surface area (Å²) in [6.45, 7) is 24.5. The maximum atomic E-state index is 3.41. The summed E-state index contributed by atoms with van der Waals surface area (Å²) in [5, 5.41) is 0. The zero-order valence-electron chi connectivity index (χ0n) is 68.2. The van der Waals surface area contributed by atoms with Gasteiger partial charge in [-0.05, 0) is 168 Å². The Kier molecular flexibility index (Phi) is 76.3.